The molecule has 0 bridgehead atoms. The molecule has 1 heterocycles. The average molecular weight is 183 g/mol. The summed E-state index contributed by atoms with van der Waals surface area (Å²) in [5, 5.41) is 0. The molecule has 1 atom stereocenters. The molecule has 1 unspecified atom stereocenters. The Morgan fingerprint density at radius 3 is 2.38 bits per heavy atom. The van der Waals surface area contributed by atoms with Gasteiger partial charge in [0.25, 0.3) is 0 Å². The molecule has 1 nitrogen and oxygen atoms in total. The maximum Gasteiger partial charge on any atom is 0.00118 e. The molecule has 78 valence electrons. The molecule has 0 aromatic heterocycles. The molecule has 1 saturated heterocycles. The van der Waals surface area contributed by atoms with Gasteiger partial charge in [0.2, 0.25) is 0 Å². The van der Waals surface area contributed by atoms with Gasteiger partial charge in [-0.1, -0.05) is 33.6 Å². The standard InChI is InChI=1S/C12H25N/c1-5-12(3,6-2)11-8-7-9-13(4)10-11/h11H,5-10H2,1-4H3. The summed E-state index contributed by atoms with van der Waals surface area (Å²) in [5.74, 6) is 0.932. The Morgan fingerprint density at radius 2 is 1.92 bits per heavy atom. The van der Waals surface area contributed by atoms with Crippen LogP contribution in [0, 0.1) is 11.3 Å². The quantitative estimate of drug-likeness (QED) is 0.649. The lowest BCUT2D eigenvalue weighted by molar-refractivity contribution is 0.0826. The van der Waals surface area contributed by atoms with Crippen LogP contribution in [0.1, 0.15) is 46.5 Å². The largest absolute Gasteiger partial charge is 0.306 e. The molecule has 1 aliphatic rings. The molecule has 0 saturated carbocycles. The van der Waals surface area contributed by atoms with Crippen molar-refractivity contribution >= 4 is 0 Å². The number of nitrogens with zero attached hydrogens (tertiary/aromatic N) is 1. The summed E-state index contributed by atoms with van der Waals surface area (Å²) in [4.78, 5) is 2.50. The molecule has 1 rings (SSSR count). The van der Waals surface area contributed by atoms with Crippen LogP contribution in [-0.4, -0.2) is 25.0 Å². The smallest absolute Gasteiger partial charge is 0.00118 e. The number of rotatable bonds is 3. The molecule has 0 amide bonds. The third kappa shape index (κ3) is 2.46. The van der Waals surface area contributed by atoms with Crippen LogP contribution >= 0.6 is 0 Å². The van der Waals surface area contributed by atoms with Crippen molar-refractivity contribution in [2.75, 3.05) is 20.1 Å². The maximum atomic E-state index is 2.50. The third-order valence-electron chi connectivity index (χ3n) is 4.23. The maximum absolute atomic E-state index is 2.50. The van der Waals surface area contributed by atoms with Gasteiger partial charge in [-0.2, -0.15) is 0 Å². The van der Waals surface area contributed by atoms with Crippen molar-refractivity contribution in [1.82, 2.24) is 4.90 Å². The number of hydrogen-bond acceptors (Lipinski definition) is 1. The fourth-order valence-electron chi connectivity index (χ4n) is 2.56. The molecule has 0 aromatic carbocycles. The first-order chi connectivity index (χ1) is 6.12. The van der Waals surface area contributed by atoms with Crippen LogP contribution in [-0.2, 0) is 0 Å². The zero-order valence-electron chi connectivity index (χ0n) is 9.77. The van der Waals surface area contributed by atoms with Crippen molar-refractivity contribution in [2.45, 2.75) is 46.5 Å². The lowest BCUT2D eigenvalue weighted by Crippen LogP contribution is -2.40. The monoisotopic (exact) mass is 183 g/mol. The minimum absolute atomic E-state index is 0.592. The van der Waals surface area contributed by atoms with E-state index in [2.05, 4.69) is 32.7 Å². The second kappa shape index (κ2) is 4.45. The van der Waals surface area contributed by atoms with E-state index in [0.717, 1.165) is 5.92 Å². The topological polar surface area (TPSA) is 3.24 Å². The summed E-state index contributed by atoms with van der Waals surface area (Å²) in [6.45, 7) is 9.78. The van der Waals surface area contributed by atoms with Crippen LogP contribution in [0.2, 0.25) is 0 Å². The zero-order valence-corrected chi connectivity index (χ0v) is 9.77. The minimum atomic E-state index is 0.592. The zero-order chi connectivity index (χ0) is 9.90. The van der Waals surface area contributed by atoms with E-state index in [0.29, 0.717) is 5.41 Å². The summed E-state index contributed by atoms with van der Waals surface area (Å²) >= 11 is 0. The second-order valence-electron chi connectivity index (χ2n) is 4.96. The predicted octanol–water partition coefficient (Wildman–Crippen LogP) is 3.15. The van der Waals surface area contributed by atoms with Crippen LogP contribution in [0.25, 0.3) is 0 Å². The summed E-state index contributed by atoms with van der Waals surface area (Å²) < 4.78 is 0. The Balaban J connectivity index is 2.57. The van der Waals surface area contributed by atoms with Crippen molar-refractivity contribution in [3.8, 4) is 0 Å². The van der Waals surface area contributed by atoms with E-state index in [9.17, 15) is 0 Å². The Labute approximate surface area is 83.5 Å². The average Bonchev–Trinajstić information content (AvgIpc) is 2.17. The molecule has 1 aliphatic heterocycles. The van der Waals surface area contributed by atoms with Gasteiger partial charge < -0.3 is 4.90 Å². The number of piperidine rings is 1. The molecular formula is C12H25N. The first-order valence-electron chi connectivity index (χ1n) is 5.81. The highest BCUT2D eigenvalue weighted by molar-refractivity contribution is 4.84. The van der Waals surface area contributed by atoms with Crippen LogP contribution in [0.4, 0.5) is 0 Å². The van der Waals surface area contributed by atoms with Crippen molar-refractivity contribution in [2.24, 2.45) is 11.3 Å². The number of likely N-dealkylation sites (tertiary alicyclic amines) is 1. The van der Waals surface area contributed by atoms with Gasteiger partial charge in [0, 0.05) is 6.54 Å². The van der Waals surface area contributed by atoms with E-state index in [-0.39, 0.29) is 0 Å². The van der Waals surface area contributed by atoms with Gasteiger partial charge in [-0.3, -0.25) is 0 Å². The molecule has 1 heteroatoms. The lowest BCUT2D eigenvalue weighted by atomic mass is 9.70. The van der Waals surface area contributed by atoms with Crippen molar-refractivity contribution in [3.63, 3.8) is 0 Å². The highest BCUT2D eigenvalue weighted by Gasteiger charge is 2.32. The SMILES string of the molecule is CCC(C)(CC)C1CCCN(C)C1. The van der Waals surface area contributed by atoms with Crippen molar-refractivity contribution in [3.05, 3.63) is 0 Å². The van der Waals surface area contributed by atoms with Crippen molar-refractivity contribution in [1.29, 1.82) is 0 Å². The normalized spacial score (nSPS) is 26.3. The molecule has 0 aliphatic carbocycles. The highest BCUT2D eigenvalue weighted by atomic mass is 15.1. The second-order valence-corrected chi connectivity index (χ2v) is 4.96. The number of hydrogen-bond donors (Lipinski definition) is 0. The van der Waals surface area contributed by atoms with Gasteiger partial charge >= 0.3 is 0 Å². The molecule has 1 fully saturated rings. The Morgan fingerprint density at radius 1 is 1.31 bits per heavy atom. The van der Waals surface area contributed by atoms with E-state index in [1.165, 1.54) is 38.8 Å². The van der Waals surface area contributed by atoms with Gasteiger partial charge in [0.15, 0.2) is 0 Å². The third-order valence-corrected chi connectivity index (χ3v) is 4.23. The van der Waals surface area contributed by atoms with Gasteiger partial charge in [0.05, 0.1) is 0 Å². The van der Waals surface area contributed by atoms with Gasteiger partial charge in [-0.05, 0) is 37.8 Å². The summed E-state index contributed by atoms with van der Waals surface area (Å²) in [7, 11) is 2.26. The van der Waals surface area contributed by atoms with E-state index in [4.69, 9.17) is 0 Å². The molecule has 0 aromatic rings. The minimum Gasteiger partial charge on any atom is -0.306 e. The molecular weight excluding hydrogens is 158 g/mol. The van der Waals surface area contributed by atoms with Gasteiger partial charge in [-0.25, -0.2) is 0 Å². The van der Waals surface area contributed by atoms with Gasteiger partial charge in [0.1, 0.15) is 0 Å². The van der Waals surface area contributed by atoms with Crippen LogP contribution in [0.15, 0.2) is 0 Å². The Hall–Kier alpha value is -0.0400. The summed E-state index contributed by atoms with van der Waals surface area (Å²) in [5.41, 5.74) is 0.592. The molecule has 13 heavy (non-hydrogen) atoms. The van der Waals surface area contributed by atoms with Crippen LogP contribution < -0.4 is 0 Å². The van der Waals surface area contributed by atoms with Gasteiger partial charge in [-0.15, -0.1) is 0 Å². The molecule has 0 spiro atoms. The summed E-state index contributed by atoms with van der Waals surface area (Å²) in [6.07, 6.45) is 5.52. The predicted molar refractivity (Wildman–Crippen MR) is 58.9 cm³/mol. The molecule has 0 radical (unpaired) electrons. The fourth-order valence-corrected chi connectivity index (χ4v) is 2.56. The van der Waals surface area contributed by atoms with E-state index < -0.39 is 0 Å². The van der Waals surface area contributed by atoms with Crippen molar-refractivity contribution < 1.29 is 0 Å². The first kappa shape index (κ1) is 11.0. The summed E-state index contributed by atoms with van der Waals surface area (Å²) in [6, 6.07) is 0. The Kier molecular flexibility index (Phi) is 3.78. The van der Waals surface area contributed by atoms with E-state index in [1.54, 1.807) is 0 Å². The molecule has 0 N–H and O–H groups in total. The first-order valence-corrected chi connectivity index (χ1v) is 5.81. The lowest BCUT2D eigenvalue weighted by Gasteiger charge is -2.41. The fraction of sp³-hybridized carbons (Fsp3) is 1.00. The van der Waals surface area contributed by atoms with E-state index >= 15 is 0 Å². The van der Waals surface area contributed by atoms with Crippen LogP contribution in [0.3, 0.4) is 0 Å². The van der Waals surface area contributed by atoms with E-state index in [1.807, 2.05) is 0 Å². The highest BCUT2D eigenvalue weighted by Crippen LogP contribution is 2.39. The Bertz CT molecular complexity index is 149. The van der Waals surface area contributed by atoms with Crippen LogP contribution in [0.5, 0.6) is 0 Å².